The van der Waals surface area contributed by atoms with Gasteiger partial charge in [-0.3, -0.25) is 0 Å². The van der Waals surface area contributed by atoms with Gasteiger partial charge in [0.2, 0.25) is 0 Å². The predicted molar refractivity (Wildman–Crippen MR) is 65.8 cm³/mol. The normalized spacial score (nSPS) is 12.9. The van der Waals surface area contributed by atoms with E-state index in [1.165, 1.54) is 11.9 Å². The van der Waals surface area contributed by atoms with E-state index in [1.807, 2.05) is 54.0 Å². The first-order valence-electron chi connectivity index (χ1n) is 4.11. The van der Waals surface area contributed by atoms with Crippen molar-refractivity contribution in [3.8, 4) is 0 Å². The zero-order valence-electron chi connectivity index (χ0n) is 7.51. The molecule has 0 amide bonds. The van der Waals surface area contributed by atoms with Crippen LogP contribution in [-0.2, 0) is 0 Å². The molecule has 0 radical (unpaired) electrons. The summed E-state index contributed by atoms with van der Waals surface area (Å²) in [4.78, 5) is 0. The molecular weight excluding hydrogens is 214 g/mol. The third-order valence-electron chi connectivity index (χ3n) is 1.30. The molecule has 0 N–H and O–H groups in total. The van der Waals surface area contributed by atoms with Crippen LogP contribution < -0.4 is 0 Å². The quantitative estimate of drug-likeness (QED) is 0.603. The van der Waals surface area contributed by atoms with E-state index in [9.17, 15) is 0 Å². The van der Waals surface area contributed by atoms with Gasteiger partial charge in [0, 0.05) is 23.2 Å². The highest BCUT2D eigenvalue weighted by atomic mass is 35.5. The Balaban J connectivity index is 0.000000140. The summed E-state index contributed by atoms with van der Waals surface area (Å²) in [7, 11) is 0. The summed E-state index contributed by atoms with van der Waals surface area (Å²) in [6.45, 7) is 0. The summed E-state index contributed by atoms with van der Waals surface area (Å²) in [6, 6.07) is 9.44. The molecule has 1 heterocycles. The average molecular weight is 224 g/mol. The molecule has 1 aliphatic rings. The van der Waals surface area contributed by atoms with Crippen LogP contribution in [0.4, 0.5) is 0 Å². The number of allylic oxidation sites excluding steroid dienone is 3. The second-order valence-electron chi connectivity index (χ2n) is 2.37. The van der Waals surface area contributed by atoms with Crippen LogP contribution in [0.5, 0.6) is 0 Å². The minimum Gasteiger partial charge on any atom is -0.220 e. The van der Waals surface area contributed by atoms with Crippen molar-refractivity contribution in [2.75, 3.05) is 0 Å². The van der Waals surface area contributed by atoms with E-state index in [2.05, 4.69) is 4.40 Å². The average Bonchev–Trinajstić information content (AvgIpc) is 2.51. The Labute approximate surface area is 93.3 Å². The van der Waals surface area contributed by atoms with Crippen molar-refractivity contribution in [2.45, 2.75) is 0 Å². The zero-order chi connectivity index (χ0) is 10.1. The van der Waals surface area contributed by atoms with Crippen LogP contribution in [0.1, 0.15) is 0 Å². The maximum absolute atomic E-state index is 5.54. The first-order chi connectivity index (χ1) is 6.89. The van der Waals surface area contributed by atoms with E-state index >= 15 is 0 Å². The molecule has 14 heavy (non-hydrogen) atoms. The van der Waals surface area contributed by atoms with E-state index < -0.39 is 0 Å². The smallest absolute Gasteiger partial charge is 0.0405 e. The Bertz CT molecular complexity index is 316. The lowest BCUT2D eigenvalue weighted by Gasteiger charge is -1.80. The summed E-state index contributed by atoms with van der Waals surface area (Å²) in [6.07, 6.45) is 7.57. The molecule has 1 aromatic carbocycles. The van der Waals surface area contributed by atoms with E-state index in [4.69, 9.17) is 11.6 Å². The summed E-state index contributed by atoms with van der Waals surface area (Å²) >= 11 is 6.98. The molecule has 1 aliphatic heterocycles. The SMILES string of the molecule is C1=CC=NSC=C1.Clc1ccccc1. The van der Waals surface area contributed by atoms with Gasteiger partial charge in [-0.2, -0.15) is 0 Å². The van der Waals surface area contributed by atoms with Gasteiger partial charge in [-0.15, -0.1) is 0 Å². The Morgan fingerprint density at radius 1 is 1.00 bits per heavy atom. The van der Waals surface area contributed by atoms with Gasteiger partial charge in [0.15, 0.2) is 0 Å². The topological polar surface area (TPSA) is 12.4 Å². The number of hydrogen-bond acceptors (Lipinski definition) is 2. The minimum absolute atomic E-state index is 0.794. The van der Waals surface area contributed by atoms with Crippen molar-refractivity contribution in [1.29, 1.82) is 0 Å². The maximum Gasteiger partial charge on any atom is 0.0405 e. The molecule has 0 bridgehead atoms. The number of rotatable bonds is 0. The molecule has 72 valence electrons. The molecule has 0 saturated carbocycles. The first-order valence-corrected chi connectivity index (χ1v) is 5.32. The Morgan fingerprint density at radius 3 is 2.43 bits per heavy atom. The molecule has 1 nitrogen and oxygen atoms in total. The van der Waals surface area contributed by atoms with E-state index in [0.29, 0.717) is 0 Å². The van der Waals surface area contributed by atoms with Gasteiger partial charge in [0.25, 0.3) is 0 Å². The van der Waals surface area contributed by atoms with Gasteiger partial charge in [0.05, 0.1) is 0 Å². The number of hydrogen-bond donors (Lipinski definition) is 0. The lowest BCUT2D eigenvalue weighted by atomic mass is 10.4. The van der Waals surface area contributed by atoms with Gasteiger partial charge >= 0.3 is 0 Å². The standard InChI is InChI=1S/C6H5Cl.C5H5NS/c7-6-4-2-1-3-5-6;1-2-4-6-7-5-3-1/h2*1-5H. The second-order valence-corrected chi connectivity index (χ2v) is 3.50. The molecule has 1 aromatic rings. The Hall–Kier alpha value is -0.990. The lowest BCUT2D eigenvalue weighted by Crippen LogP contribution is -1.55. The van der Waals surface area contributed by atoms with Gasteiger partial charge in [-0.25, -0.2) is 4.40 Å². The fourth-order valence-electron chi connectivity index (χ4n) is 0.714. The van der Waals surface area contributed by atoms with Gasteiger partial charge in [-0.05, 0) is 23.6 Å². The van der Waals surface area contributed by atoms with Crippen molar-refractivity contribution >= 4 is 29.8 Å². The Kier molecular flexibility index (Phi) is 5.87. The summed E-state index contributed by atoms with van der Waals surface area (Å²) in [5.41, 5.74) is 0. The highest BCUT2D eigenvalue weighted by Crippen LogP contribution is 2.04. The zero-order valence-corrected chi connectivity index (χ0v) is 9.08. The van der Waals surface area contributed by atoms with Crippen LogP contribution in [-0.4, -0.2) is 6.21 Å². The third kappa shape index (κ3) is 5.62. The maximum atomic E-state index is 5.54. The van der Waals surface area contributed by atoms with E-state index in [-0.39, 0.29) is 0 Å². The summed E-state index contributed by atoms with van der Waals surface area (Å²) in [5.74, 6) is 0. The van der Waals surface area contributed by atoms with Crippen LogP contribution in [0.25, 0.3) is 0 Å². The highest BCUT2D eigenvalue weighted by molar-refractivity contribution is 8.01. The molecule has 0 fully saturated rings. The summed E-state index contributed by atoms with van der Waals surface area (Å²) in [5, 5.41) is 2.72. The van der Waals surface area contributed by atoms with Gasteiger partial charge in [0.1, 0.15) is 0 Å². The van der Waals surface area contributed by atoms with Crippen LogP contribution >= 0.6 is 23.5 Å². The van der Waals surface area contributed by atoms with Crippen LogP contribution in [0, 0.1) is 0 Å². The molecule has 0 spiro atoms. The second kappa shape index (κ2) is 7.42. The highest BCUT2D eigenvalue weighted by Gasteiger charge is 1.75. The number of nitrogens with zero attached hydrogens (tertiary/aromatic N) is 1. The molecule has 0 aliphatic carbocycles. The molecule has 0 atom stereocenters. The van der Waals surface area contributed by atoms with Gasteiger partial charge in [-0.1, -0.05) is 42.0 Å². The van der Waals surface area contributed by atoms with E-state index in [1.54, 1.807) is 6.21 Å². The number of halogens is 1. The van der Waals surface area contributed by atoms with Crippen LogP contribution in [0.3, 0.4) is 0 Å². The largest absolute Gasteiger partial charge is 0.220 e. The minimum atomic E-state index is 0.794. The lowest BCUT2D eigenvalue weighted by molar-refractivity contribution is 1.71. The van der Waals surface area contributed by atoms with Crippen molar-refractivity contribution in [3.63, 3.8) is 0 Å². The first kappa shape index (κ1) is 11.1. The van der Waals surface area contributed by atoms with Crippen molar-refractivity contribution in [1.82, 2.24) is 0 Å². The predicted octanol–water partition coefficient (Wildman–Crippen LogP) is 4.13. The molecule has 0 saturated heterocycles. The fourth-order valence-corrected chi connectivity index (χ4v) is 1.23. The summed E-state index contributed by atoms with van der Waals surface area (Å²) < 4.78 is 3.89. The number of benzene rings is 1. The molecule has 2 rings (SSSR count). The van der Waals surface area contributed by atoms with Crippen LogP contribution in [0.15, 0.2) is 58.4 Å². The van der Waals surface area contributed by atoms with Crippen LogP contribution in [0.2, 0.25) is 5.02 Å². The van der Waals surface area contributed by atoms with E-state index in [0.717, 1.165) is 5.02 Å². The third-order valence-corrected chi connectivity index (χ3v) is 2.08. The van der Waals surface area contributed by atoms with Crippen molar-refractivity contribution in [3.05, 3.63) is 59.0 Å². The molecule has 0 aromatic heterocycles. The fraction of sp³-hybridized carbons (Fsp3) is 0. The molecular formula is C11H10ClNS. The molecule has 3 heteroatoms. The Morgan fingerprint density at radius 2 is 1.79 bits per heavy atom. The van der Waals surface area contributed by atoms with Crippen molar-refractivity contribution in [2.24, 2.45) is 4.40 Å². The monoisotopic (exact) mass is 223 g/mol. The van der Waals surface area contributed by atoms with Gasteiger partial charge < -0.3 is 0 Å². The van der Waals surface area contributed by atoms with Crippen molar-refractivity contribution < 1.29 is 0 Å². The molecule has 0 unspecified atom stereocenters.